The smallest absolute Gasteiger partial charge is 0.251 e. The van der Waals surface area contributed by atoms with Crippen LogP contribution in [0.5, 0.6) is 5.75 Å². The number of imidazole rings is 1. The number of anilines is 2. The molecular formula is C34H42F2N7O2+. The molecule has 0 atom stereocenters. The number of carbonyl (C=O) groups excluding carboxylic acids is 1. The number of nitrogens with zero attached hydrogens (tertiary/aromatic N) is 4. The van der Waals surface area contributed by atoms with Crippen molar-refractivity contribution in [2.75, 3.05) is 58.2 Å². The molecule has 3 N–H and O–H groups in total. The van der Waals surface area contributed by atoms with Crippen molar-refractivity contribution in [3.05, 3.63) is 71.7 Å². The topological polar surface area (TPSA) is 92.6 Å². The Morgan fingerprint density at radius 3 is 2.58 bits per heavy atom. The fourth-order valence-corrected chi connectivity index (χ4v) is 6.77. The summed E-state index contributed by atoms with van der Waals surface area (Å²) in [6.45, 7) is 12.2. The van der Waals surface area contributed by atoms with Gasteiger partial charge in [0.25, 0.3) is 5.91 Å². The van der Waals surface area contributed by atoms with E-state index in [1.807, 2.05) is 25.1 Å². The van der Waals surface area contributed by atoms with Gasteiger partial charge >= 0.3 is 0 Å². The number of hydrogen-bond donors (Lipinski definition) is 3. The number of benzene rings is 2. The molecule has 2 aromatic carbocycles. The highest BCUT2D eigenvalue weighted by Gasteiger charge is 2.36. The van der Waals surface area contributed by atoms with Crippen molar-refractivity contribution >= 4 is 23.1 Å². The maximum Gasteiger partial charge on any atom is 0.251 e. The number of fused-ring (bicyclic) bond motifs is 1. The molecule has 9 nitrogen and oxygen atoms in total. The van der Waals surface area contributed by atoms with Crippen LogP contribution in [0.3, 0.4) is 0 Å². The van der Waals surface area contributed by atoms with Gasteiger partial charge in [-0.3, -0.25) is 9.20 Å². The Morgan fingerprint density at radius 1 is 1.09 bits per heavy atom. The van der Waals surface area contributed by atoms with Gasteiger partial charge in [-0.15, -0.1) is 0 Å². The van der Waals surface area contributed by atoms with Crippen LogP contribution in [-0.2, 0) is 6.42 Å². The second kappa shape index (κ2) is 13.1. The Hall–Kier alpha value is -4.09. The number of piperidine rings is 1. The lowest BCUT2D eigenvalue weighted by atomic mass is 9.92. The lowest BCUT2D eigenvalue weighted by Gasteiger charge is -2.46. The van der Waals surface area contributed by atoms with Gasteiger partial charge in [-0.05, 0) is 55.2 Å². The molecule has 45 heavy (non-hydrogen) atoms. The zero-order valence-corrected chi connectivity index (χ0v) is 26.2. The number of ether oxygens (including phenoxy) is 1. The molecule has 1 amide bonds. The lowest BCUT2D eigenvalue weighted by molar-refractivity contribution is -0.935. The predicted molar refractivity (Wildman–Crippen MR) is 171 cm³/mol. The van der Waals surface area contributed by atoms with Gasteiger partial charge in [-0.2, -0.15) is 4.39 Å². The largest absolute Gasteiger partial charge is 0.494 e. The molecule has 2 fully saturated rings. The third-order valence-electron chi connectivity index (χ3n) is 9.72. The first kappa shape index (κ1) is 30.9. The second-order valence-electron chi connectivity index (χ2n) is 12.4. The van der Waals surface area contributed by atoms with Crippen LogP contribution < -0.4 is 20.7 Å². The zero-order valence-electron chi connectivity index (χ0n) is 26.2. The van der Waals surface area contributed by atoms with Crippen molar-refractivity contribution in [1.82, 2.24) is 25.0 Å². The van der Waals surface area contributed by atoms with Crippen LogP contribution in [0.2, 0.25) is 0 Å². The van der Waals surface area contributed by atoms with Gasteiger partial charge in [-0.1, -0.05) is 6.92 Å². The first-order chi connectivity index (χ1) is 21.8. The minimum absolute atomic E-state index is 0.0485. The fourth-order valence-electron chi connectivity index (χ4n) is 6.77. The molecule has 0 spiro atoms. The molecular weight excluding hydrogens is 576 g/mol. The molecule has 0 aliphatic carbocycles. The summed E-state index contributed by atoms with van der Waals surface area (Å²) in [5.41, 5.74) is 3.22. The van der Waals surface area contributed by atoms with Crippen LogP contribution in [0.15, 0.2) is 48.9 Å². The van der Waals surface area contributed by atoms with Crippen LogP contribution >= 0.6 is 0 Å². The van der Waals surface area contributed by atoms with Gasteiger partial charge in [0.05, 0.1) is 45.2 Å². The van der Waals surface area contributed by atoms with Crippen molar-refractivity contribution < 1.29 is 22.8 Å². The number of halogens is 2. The monoisotopic (exact) mass is 618 g/mol. The standard InChI is InChI=1S/C34H41F2N7O2/c1-4-24-16-25(6-7-26(24)34(44)40-19-22-10-14-43(5-2,15-11-22)21-23-17-37-18-23)41-32-33-39-20-28(42(33)13-12-38-32)27-8-9-29(45-3)31(36)30(27)35/h6-9,12-13,16,20,22-23,37H,4-5,10-11,14-15,17-19,21H2,1-3H3,(H-,38,40,41,44)/p+1. The van der Waals surface area contributed by atoms with Gasteiger partial charge in [0.2, 0.25) is 5.82 Å². The molecule has 6 rings (SSSR count). The molecule has 11 heteroatoms. The fraction of sp³-hybridized carbons (Fsp3) is 0.441. The molecule has 0 radical (unpaired) electrons. The van der Waals surface area contributed by atoms with Gasteiger partial charge in [0.1, 0.15) is 0 Å². The van der Waals surface area contributed by atoms with Gasteiger partial charge in [-0.25, -0.2) is 14.4 Å². The summed E-state index contributed by atoms with van der Waals surface area (Å²) in [5, 5.41) is 9.91. The Balaban J connectivity index is 1.12. The van der Waals surface area contributed by atoms with Gasteiger partial charge in [0, 0.05) is 67.6 Å². The molecule has 2 aliphatic heterocycles. The number of quaternary nitrogens is 1. The summed E-state index contributed by atoms with van der Waals surface area (Å²) in [7, 11) is 1.29. The van der Waals surface area contributed by atoms with Gasteiger partial charge in [0.15, 0.2) is 23.0 Å². The second-order valence-corrected chi connectivity index (χ2v) is 12.4. The van der Waals surface area contributed by atoms with E-state index in [0.717, 1.165) is 43.1 Å². The highest BCUT2D eigenvalue weighted by Crippen LogP contribution is 2.32. The Bertz CT molecular complexity index is 1680. The summed E-state index contributed by atoms with van der Waals surface area (Å²) in [5.74, 6) is -0.517. The highest BCUT2D eigenvalue weighted by molar-refractivity contribution is 5.96. The van der Waals surface area contributed by atoms with Crippen LogP contribution in [0, 0.1) is 23.5 Å². The quantitative estimate of drug-likeness (QED) is 0.201. The Morgan fingerprint density at radius 2 is 1.89 bits per heavy atom. The minimum Gasteiger partial charge on any atom is -0.494 e. The number of carbonyl (C=O) groups is 1. The molecule has 0 bridgehead atoms. The van der Waals surface area contributed by atoms with E-state index >= 15 is 0 Å². The van der Waals surface area contributed by atoms with E-state index < -0.39 is 11.6 Å². The van der Waals surface area contributed by atoms with Crippen molar-refractivity contribution in [2.24, 2.45) is 11.8 Å². The van der Waals surface area contributed by atoms with Crippen molar-refractivity contribution in [1.29, 1.82) is 0 Å². The van der Waals surface area contributed by atoms with E-state index in [9.17, 15) is 13.6 Å². The molecule has 0 unspecified atom stereocenters. The maximum atomic E-state index is 14.9. The van der Waals surface area contributed by atoms with Crippen LogP contribution in [-0.4, -0.2) is 77.7 Å². The third-order valence-corrected chi connectivity index (χ3v) is 9.72. The maximum absolute atomic E-state index is 14.9. The number of nitrogens with one attached hydrogen (secondary N) is 3. The first-order valence-electron chi connectivity index (χ1n) is 15.9. The van der Waals surface area contributed by atoms with Crippen molar-refractivity contribution in [3.63, 3.8) is 0 Å². The van der Waals surface area contributed by atoms with Crippen molar-refractivity contribution in [3.8, 4) is 17.0 Å². The SMILES string of the molecule is CCc1cc(Nc2nccn3c(-c4ccc(OC)c(F)c4F)cnc23)ccc1C(=O)NCC1CC[N+](CC)(CC2CNC2)CC1. The lowest BCUT2D eigenvalue weighted by Crippen LogP contribution is -2.60. The Kier molecular flexibility index (Phi) is 9.00. The van der Waals surface area contributed by atoms with E-state index in [0.29, 0.717) is 41.6 Å². The molecule has 4 heterocycles. The van der Waals surface area contributed by atoms with E-state index in [2.05, 4.69) is 32.8 Å². The average molecular weight is 619 g/mol. The summed E-state index contributed by atoms with van der Waals surface area (Å²) >= 11 is 0. The first-order valence-corrected chi connectivity index (χ1v) is 15.9. The number of likely N-dealkylation sites (tertiary alicyclic amines) is 1. The predicted octanol–water partition coefficient (Wildman–Crippen LogP) is 5.19. The summed E-state index contributed by atoms with van der Waals surface area (Å²) < 4.78 is 37.1. The molecule has 2 aromatic heterocycles. The number of amides is 1. The molecule has 2 aliphatic rings. The van der Waals surface area contributed by atoms with Gasteiger partial charge < -0.3 is 25.2 Å². The number of aryl methyl sites for hydroxylation is 1. The number of rotatable bonds is 11. The van der Waals surface area contributed by atoms with E-state index in [1.54, 1.807) is 16.8 Å². The number of methoxy groups -OCH3 is 1. The van der Waals surface area contributed by atoms with Crippen molar-refractivity contribution in [2.45, 2.75) is 33.1 Å². The molecule has 238 valence electrons. The summed E-state index contributed by atoms with van der Waals surface area (Å²) in [6, 6.07) is 8.50. The Labute approximate surface area is 262 Å². The molecule has 2 saturated heterocycles. The van der Waals surface area contributed by atoms with Crippen LogP contribution in [0.1, 0.15) is 42.6 Å². The van der Waals surface area contributed by atoms with Crippen LogP contribution in [0.4, 0.5) is 20.3 Å². The highest BCUT2D eigenvalue weighted by atomic mass is 19.2. The van der Waals surface area contributed by atoms with E-state index in [1.165, 1.54) is 56.1 Å². The average Bonchev–Trinajstić information content (AvgIpc) is 3.48. The normalized spacial score (nSPS) is 20.2. The molecule has 4 aromatic rings. The number of hydrogen-bond acceptors (Lipinski definition) is 6. The summed E-state index contributed by atoms with van der Waals surface area (Å²) in [4.78, 5) is 22.2. The van der Waals surface area contributed by atoms with E-state index in [-0.39, 0.29) is 17.2 Å². The zero-order chi connectivity index (χ0) is 31.6. The number of aromatic nitrogens is 3. The van der Waals surface area contributed by atoms with E-state index in [4.69, 9.17) is 4.74 Å². The minimum atomic E-state index is -1.05. The molecule has 0 saturated carbocycles. The third kappa shape index (κ3) is 6.24. The van der Waals surface area contributed by atoms with Crippen LogP contribution in [0.25, 0.3) is 16.9 Å². The summed E-state index contributed by atoms with van der Waals surface area (Å²) in [6.07, 6.45) is 7.67.